The molecule has 104 valence electrons. The van der Waals surface area contributed by atoms with E-state index in [1.54, 1.807) is 0 Å². The molecule has 19 heavy (non-hydrogen) atoms. The minimum Gasteiger partial charge on any atom is -0.349 e. The Morgan fingerprint density at radius 3 is 2.84 bits per heavy atom. The van der Waals surface area contributed by atoms with E-state index in [2.05, 4.69) is 21.2 Å². The highest BCUT2D eigenvalue weighted by Gasteiger charge is 2.25. The normalized spacial score (nSPS) is 23.1. The van der Waals surface area contributed by atoms with Crippen LogP contribution in [0.1, 0.15) is 36.0 Å². The molecule has 2 unspecified atom stereocenters. The smallest absolute Gasteiger partial charge is 0.251 e. The van der Waals surface area contributed by atoms with Crippen LogP contribution in [-0.2, 0) is 0 Å². The van der Waals surface area contributed by atoms with Crippen LogP contribution in [0, 0.1) is 11.7 Å². The van der Waals surface area contributed by atoms with Gasteiger partial charge in [0.15, 0.2) is 0 Å². The van der Waals surface area contributed by atoms with Crippen molar-refractivity contribution in [3.63, 3.8) is 0 Å². The molecule has 1 aromatic carbocycles. The van der Waals surface area contributed by atoms with Crippen LogP contribution in [0.15, 0.2) is 18.2 Å². The number of halogens is 3. The third-order valence-electron chi connectivity index (χ3n) is 3.61. The van der Waals surface area contributed by atoms with E-state index >= 15 is 0 Å². The molecule has 1 saturated carbocycles. The largest absolute Gasteiger partial charge is 0.349 e. The van der Waals surface area contributed by atoms with Crippen LogP contribution in [0.25, 0.3) is 0 Å². The fourth-order valence-electron chi connectivity index (χ4n) is 2.47. The molecule has 1 aromatic rings. The average molecular weight is 349 g/mol. The van der Waals surface area contributed by atoms with Crippen molar-refractivity contribution in [1.29, 1.82) is 0 Å². The van der Waals surface area contributed by atoms with Gasteiger partial charge in [-0.15, -0.1) is 0 Å². The molecule has 2 atom stereocenters. The first-order chi connectivity index (χ1) is 9.11. The van der Waals surface area contributed by atoms with Gasteiger partial charge in [-0.2, -0.15) is 0 Å². The highest BCUT2D eigenvalue weighted by Crippen LogP contribution is 2.26. The van der Waals surface area contributed by atoms with Gasteiger partial charge in [-0.1, -0.05) is 40.4 Å². The molecule has 1 aliphatic rings. The first-order valence-electron chi connectivity index (χ1n) is 6.43. The van der Waals surface area contributed by atoms with E-state index in [9.17, 15) is 9.18 Å². The van der Waals surface area contributed by atoms with E-state index in [0.717, 1.165) is 24.6 Å². The topological polar surface area (TPSA) is 29.1 Å². The predicted molar refractivity (Wildman–Crippen MR) is 78.4 cm³/mol. The Hall–Kier alpha value is -0.610. The summed E-state index contributed by atoms with van der Waals surface area (Å²) >= 11 is 9.19. The molecule has 0 heterocycles. The van der Waals surface area contributed by atoms with Gasteiger partial charge in [-0.3, -0.25) is 4.79 Å². The highest BCUT2D eigenvalue weighted by atomic mass is 79.9. The Labute approximate surface area is 125 Å². The second kappa shape index (κ2) is 6.71. The van der Waals surface area contributed by atoms with Gasteiger partial charge in [-0.25, -0.2) is 4.39 Å². The van der Waals surface area contributed by atoms with E-state index in [1.165, 1.54) is 24.6 Å². The number of rotatable bonds is 3. The van der Waals surface area contributed by atoms with Crippen molar-refractivity contribution in [1.82, 2.24) is 5.32 Å². The quantitative estimate of drug-likeness (QED) is 0.816. The van der Waals surface area contributed by atoms with Gasteiger partial charge < -0.3 is 5.32 Å². The highest BCUT2D eigenvalue weighted by molar-refractivity contribution is 9.09. The standard InChI is InChI=1S/C14H16BrClFNO/c15-8-10-3-1-2-4-13(10)18-14(19)9-5-6-12(17)11(16)7-9/h5-7,10,13H,1-4,8H2,(H,18,19). The lowest BCUT2D eigenvalue weighted by Crippen LogP contribution is -2.42. The zero-order chi connectivity index (χ0) is 13.8. The molecular weight excluding hydrogens is 333 g/mol. The average Bonchev–Trinajstić information content (AvgIpc) is 2.42. The molecular formula is C14H16BrClFNO. The maximum Gasteiger partial charge on any atom is 0.251 e. The summed E-state index contributed by atoms with van der Waals surface area (Å²) in [6, 6.07) is 4.24. The van der Waals surface area contributed by atoms with Gasteiger partial charge >= 0.3 is 0 Å². The summed E-state index contributed by atoms with van der Waals surface area (Å²) < 4.78 is 13.1. The summed E-state index contributed by atoms with van der Waals surface area (Å²) in [7, 11) is 0. The number of amides is 1. The summed E-state index contributed by atoms with van der Waals surface area (Å²) in [4.78, 5) is 12.1. The maximum atomic E-state index is 13.1. The molecule has 1 fully saturated rings. The van der Waals surface area contributed by atoms with Crippen molar-refractivity contribution in [2.45, 2.75) is 31.7 Å². The van der Waals surface area contributed by atoms with E-state index in [4.69, 9.17) is 11.6 Å². The molecule has 0 spiro atoms. The van der Waals surface area contributed by atoms with Crippen LogP contribution >= 0.6 is 27.5 Å². The minimum absolute atomic E-state index is 0.0201. The van der Waals surface area contributed by atoms with Crippen LogP contribution in [0.2, 0.25) is 5.02 Å². The third-order valence-corrected chi connectivity index (χ3v) is 4.73. The van der Waals surface area contributed by atoms with Crippen molar-refractivity contribution in [2.75, 3.05) is 5.33 Å². The fourth-order valence-corrected chi connectivity index (χ4v) is 3.43. The lowest BCUT2D eigenvalue weighted by Gasteiger charge is -2.31. The summed E-state index contributed by atoms with van der Waals surface area (Å²) in [6.45, 7) is 0. The maximum absolute atomic E-state index is 13.1. The van der Waals surface area contributed by atoms with Gasteiger partial charge in [0.25, 0.3) is 5.91 Å². The second-order valence-corrected chi connectivity index (χ2v) is 5.96. The number of carbonyl (C=O) groups excluding carboxylic acids is 1. The third kappa shape index (κ3) is 3.69. The van der Waals surface area contributed by atoms with Crippen molar-refractivity contribution in [2.24, 2.45) is 5.92 Å². The summed E-state index contributed by atoms with van der Waals surface area (Å²) in [5.41, 5.74) is 0.408. The van der Waals surface area contributed by atoms with E-state index in [1.807, 2.05) is 0 Å². The Morgan fingerprint density at radius 2 is 2.16 bits per heavy atom. The first-order valence-corrected chi connectivity index (χ1v) is 7.93. The first kappa shape index (κ1) is 14.8. The monoisotopic (exact) mass is 347 g/mol. The molecule has 2 nitrogen and oxygen atoms in total. The van der Waals surface area contributed by atoms with Crippen molar-refractivity contribution in [3.05, 3.63) is 34.6 Å². The molecule has 1 aliphatic carbocycles. The second-order valence-electron chi connectivity index (χ2n) is 4.91. The lowest BCUT2D eigenvalue weighted by molar-refractivity contribution is 0.0911. The van der Waals surface area contributed by atoms with E-state index in [-0.39, 0.29) is 17.0 Å². The number of alkyl halides is 1. The van der Waals surface area contributed by atoms with Gasteiger partial charge in [0.1, 0.15) is 5.82 Å². The van der Waals surface area contributed by atoms with Crippen molar-refractivity contribution >= 4 is 33.4 Å². The SMILES string of the molecule is O=C(NC1CCCCC1CBr)c1ccc(F)c(Cl)c1. The van der Waals surface area contributed by atoms with Gasteiger partial charge in [-0.05, 0) is 37.0 Å². The molecule has 0 radical (unpaired) electrons. The van der Waals surface area contributed by atoms with E-state index < -0.39 is 5.82 Å². The summed E-state index contributed by atoms with van der Waals surface area (Å²) in [5, 5.41) is 3.90. The van der Waals surface area contributed by atoms with Crippen molar-refractivity contribution in [3.8, 4) is 0 Å². The number of carbonyl (C=O) groups is 1. The van der Waals surface area contributed by atoms with Gasteiger partial charge in [0, 0.05) is 16.9 Å². The number of hydrogen-bond acceptors (Lipinski definition) is 1. The zero-order valence-corrected chi connectivity index (χ0v) is 12.8. The van der Waals surface area contributed by atoms with Crippen LogP contribution in [0.5, 0.6) is 0 Å². The Kier molecular flexibility index (Phi) is 5.22. The number of hydrogen-bond donors (Lipinski definition) is 1. The molecule has 2 rings (SSSR count). The van der Waals surface area contributed by atoms with Crippen LogP contribution in [0.4, 0.5) is 4.39 Å². The van der Waals surface area contributed by atoms with Crippen LogP contribution in [-0.4, -0.2) is 17.3 Å². The van der Waals surface area contributed by atoms with Gasteiger partial charge in [0.2, 0.25) is 0 Å². The molecule has 1 amide bonds. The summed E-state index contributed by atoms with van der Waals surface area (Å²) in [5.74, 6) is -0.220. The van der Waals surface area contributed by atoms with Crippen LogP contribution < -0.4 is 5.32 Å². The number of nitrogens with one attached hydrogen (secondary N) is 1. The minimum atomic E-state index is -0.505. The van der Waals surface area contributed by atoms with Crippen molar-refractivity contribution < 1.29 is 9.18 Å². The van der Waals surface area contributed by atoms with Crippen LogP contribution in [0.3, 0.4) is 0 Å². The molecule has 0 aliphatic heterocycles. The van der Waals surface area contributed by atoms with E-state index in [0.29, 0.717) is 11.5 Å². The predicted octanol–water partition coefficient (Wildman–Crippen LogP) is 4.16. The Balaban J connectivity index is 2.05. The molecule has 0 bridgehead atoms. The number of benzene rings is 1. The molecule has 1 N–H and O–H groups in total. The Morgan fingerprint density at radius 1 is 1.42 bits per heavy atom. The fraction of sp³-hybridized carbons (Fsp3) is 0.500. The Bertz CT molecular complexity index is 469. The molecule has 5 heteroatoms. The molecule has 0 saturated heterocycles. The summed E-state index contributed by atoms with van der Waals surface area (Å²) in [6.07, 6.45) is 4.47. The lowest BCUT2D eigenvalue weighted by atomic mass is 9.86. The van der Waals surface area contributed by atoms with Gasteiger partial charge in [0.05, 0.1) is 5.02 Å². The zero-order valence-electron chi connectivity index (χ0n) is 10.5. The molecule has 0 aromatic heterocycles.